The van der Waals surface area contributed by atoms with Gasteiger partial charge in [0.2, 0.25) is 5.91 Å². The molecule has 0 atom stereocenters. The van der Waals surface area contributed by atoms with Crippen LogP contribution < -0.4 is 5.73 Å². The highest BCUT2D eigenvalue weighted by Crippen LogP contribution is 2.18. The maximum Gasteiger partial charge on any atom is 0.217 e. The zero-order chi connectivity index (χ0) is 34.7. The van der Waals surface area contributed by atoms with E-state index in [1.165, 1.54) is 270 Å². The average Bonchev–Trinajstić information content (AvgIpc) is 3.08. The summed E-state index contributed by atoms with van der Waals surface area (Å²) in [5.74, 6) is -0.146. The number of hydrogen-bond acceptors (Lipinski definition) is 1. The summed E-state index contributed by atoms with van der Waals surface area (Å²) in [6, 6.07) is 0. The molecule has 2 heteroatoms. The lowest BCUT2D eigenvalue weighted by Gasteiger charge is -2.05. The van der Waals surface area contributed by atoms with E-state index in [4.69, 9.17) is 5.73 Å². The van der Waals surface area contributed by atoms with E-state index in [1.54, 1.807) is 0 Å². The summed E-state index contributed by atoms with van der Waals surface area (Å²) in [5, 5.41) is 0. The van der Waals surface area contributed by atoms with Crippen LogP contribution >= 0.6 is 0 Å². The monoisotopic (exact) mass is 676 g/mol. The Labute approximate surface area is 305 Å². The number of unbranched alkanes of at least 4 members (excludes halogenated alkanes) is 42. The first-order valence-electron chi connectivity index (χ1n) is 23.1. The highest BCUT2D eigenvalue weighted by molar-refractivity contribution is 5.73. The Morgan fingerprint density at radius 2 is 0.375 bits per heavy atom. The smallest absolute Gasteiger partial charge is 0.217 e. The third kappa shape index (κ3) is 45.5. The van der Waals surface area contributed by atoms with Crippen LogP contribution in [0.2, 0.25) is 0 Å². The van der Waals surface area contributed by atoms with Gasteiger partial charge in [0, 0.05) is 6.42 Å². The van der Waals surface area contributed by atoms with Crippen molar-refractivity contribution in [2.75, 3.05) is 0 Å². The van der Waals surface area contributed by atoms with E-state index in [2.05, 4.69) is 6.92 Å². The van der Waals surface area contributed by atoms with Crippen molar-refractivity contribution in [2.45, 2.75) is 289 Å². The third-order valence-corrected chi connectivity index (χ3v) is 11.0. The predicted octanol–water partition coefficient (Wildman–Crippen LogP) is 16.7. The fourth-order valence-corrected chi connectivity index (χ4v) is 7.62. The number of carbonyl (C=O) groups excluding carboxylic acids is 1. The molecule has 0 spiro atoms. The summed E-state index contributed by atoms with van der Waals surface area (Å²) in [6.07, 6.45) is 62.6. The quantitative estimate of drug-likeness (QED) is 0.0642. The molecule has 0 aliphatic heterocycles. The lowest BCUT2D eigenvalue weighted by molar-refractivity contribution is -0.118. The van der Waals surface area contributed by atoms with Crippen molar-refractivity contribution < 1.29 is 4.79 Å². The Morgan fingerprint density at radius 1 is 0.250 bits per heavy atom. The van der Waals surface area contributed by atoms with Gasteiger partial charge in [0.15, 0.2) is 0 Å². The maximum atomic E-state index is 10.7. The van der Waals surface area contributed by atoms with Gasteiger partial charge < -0.3 is 5.73 Å². The number of carbonyl (C=O) groups is 1. The Kier molecular flexibility index (Phi) is 44.0. The number of amides is 1. The molecule has 288 valence electrons. The summed E-state index contributed by atoms with van der Waals surface area (Å²) in [4.78, 5) is 10.7. The zero-order valence-electron chi connectivity index (χ0n) is 33.6. The maximum absolute atomic E-state index is 10.7. The molecule has 0 unspecified atom stereocenters. The minimum Gasteiger partial charge on any atom is -0.370 e. The Morgan fingerprint density at radius 3 is 0.500 bits per heavy atom. The minimum absolute atomic E-state index is 0.146. The van der Waals surface area contributed by atoms with Gasteiger partial charge in [0.25, 0.3) is 0 Å². The largest absolute Gasteiger partial charge is 0.370 e. The van der Waals surface area contributed by atoms with Gasteiger partial charge in [-0.25, -0.2) is 0 Å². The van der Waals surface area contributed by atoms with E-state index in [-0.39, 0.29) is 5.91 Å². The van der Waals surface area contributed by atoms with Crippen LogP contribution in [-0.2, 0) is 4.79 Å². The molecule has 48 heavy (non-hydrogen) atoms. The van der Waals surface area contributed by atoms with E-state index in [0.29, 0.717) is 6.42 Å². The number of nitrogens with two attached hydrogens (primary N) is 1. The van der Waals surface area contributed by atoms with Crippen LogP contribution in [0.1, 0.15) is 289 Å². The van der Waals surface area contributed by atoms with E-state index in [9.17, 15) is 4.79 Å². The average molecular weight is 676 g/mol. The lowest BCUT2D eigenvalue weighted by Crippen LogP contribution is -2.09. The number of primary amides is 1. The third-order valence-electron chi connectivity index (χ3n) is 11.0. The Hall–Kier alpha value is -0.530. The van der Waals surface area contributed by atoms with Gasteiger partial charge in [-0.2, -0.15) is 0 Å². The van der Waals surface area contributed by atoms with Crippen LogP contribution in [0.3, 0.4) is 0 Å². The summed E-state index contributed by atoms with van der Waals surface area (Å²) in [6.45, 7) is 2.31. The summed E-state index contributed by atoms with van der Waals surface area (Å²) in [7, 11) is 0. The van der Waals surface area contributed by atoms with Crippen LogP contribution in [0.25, 0.3) is 0 Å². The highest BCUT2D eigenvalue weighted by atomic mass is 16.1. The molecule has 0 aliphatic carbocycles. The first-order chi connectivity index (χ1) is 23.8. The molecular weight excluding hydrogens is 583 g/mol. The van der Waals surface area contributed by atoms with E-state index < -0.39 is 0 Å². The molecule has 0 radical (unpaired) electrons. The standard InChI is InChI=1S/C46H93NO/c1-2-3-4-5-6-7-8-9-10-11-12-13-14-15-16-17-18-19-20-21-22-23-24-25-26-27-28-29-30-31-32-33-34-35-36-37-38-39-40-41-42-43-44-45-46(47)48/h2-45H2,1H3,(H2,47,48). The molecule has 0 fully saturated rings. The van der Waals surface area contributed by atoms with Crippen LogP contribution in [0, 0.1) is 0 Å². The van der Waals surface area contributed by atoms with Crippen molar-refractivity contribution in [1.82, 2.24) is 0 Å². The van der Waals surface area contributed by atoms with Gasteiger partial charge in [0.05, 0.1) is 0 Å². The molecule has 0 aromatic heterocycles. The molecule has 1 amide bonds. The highest BCUT2D eigenvalue weighted by Gasteiger charge is 1.99. The van der Waals surface area contributed by atoms with Gasteiger partial charge >= 0.3 is 0 Å². The molecule has 0 aliphatic rings. The van der Waals surface area contributed by atoms with Crippen molar-refractivity contribution in [3.63, 3.8) is 0 Å². The van der Waals surface area contributed by atoms with Gasteiger partial charge in [-0.3, -0.25) is 4.79 Å². The molecule has 0 saturated carbocycles. The van der Waals surface area contributed by atoms with E-state index in [0.717, 1.165) is 6.42 Å². The Bertz CT molecular complexity index is 574. The normalized spacial score (nSPS) is 11.5. The summed E-state index contributed by atoms with van der Waals surface area (Å²) in [5.41, 5.74) is 5.18. The lowest BCUT2D eigenvalue weighted by atomic mass is 10.0. The van der Waals surface area contributed by atoms with Crippen molar-refractivity contribution in [1.29, 1.82) is 0 Å². The second-order valence-electron chi connectivity index (χ2n) is 16.1. The molecule has 0 heterocycles. The SMILES string of the molecule is CCCCCCCCCCCCCCCCCCCCCCCCCCCCCCCCCCCCCCCCCCCCCC(N)=O. The minimum atomic E-state index is -0.146. The first kappa shape index (κ1) is 47.5. The molecule has 0 aromatic carbocycles. The molecule has 2 N–H and O–H groups in total. The second kappa shape index (κ2) is 44.5. The van der Waals surface area contributed by atoms with Crippen molar-refractivity contribution >= 4 is 5.91 Å². The first-order valence-corrected chi connectivity index (χ1v) is 23.1. The van der Waals surface area contributed by atoms with E-state index in [1.807, 2.05) is 0 Å². The van der Waals surface area contributed by atoms with Crippen LogP contribution in [-0.4, -0.2) is 5.91 Å². The van der Waals surface area contributed by atoms with Gasteiger partial charge in [-0.05, 0) is 6.42 Å². The van der Waals surface area contributed by atoms with Crippen LogP contribution in [0.5, 0.6) is 0 Å². The zero-order valence-corrected chi connectivity index (χ0v) is 33.6. The molecule has 0 saturated heterocycles. The fraction of sp³-hybridized carbons (Fsp3) is 0.978. The molecule has 0 rings (SSSR count). The fourth-order valence-electron chi connectivity index (χ4n) is 7.62. The molecule has 0 aromatic rings. The van der Waals surface area contributed by atoms with E-state index >= 15 is 0 Å². The topological polar surface area (TPSA) is 43.1 Å². The molecule has 2 nitrogen and oxygen atoms in total. The van der Waals surface area contributed by atoms with Crippen molar-refractivity contribution in [2.24, 2.45) is 5.73 Å². The number of hydrogen-bond donors (Lipinski definition) is 1. The second-order valence-corrected chi connectivity index (χ2v) is 16.1. The van der Waals surface area contributed by atoms with Gasteiger partial charge in [-0.15, -0.1) is 0 Å². The van der Waals surface area contributed by atoms with Crippen LogP contribution in [0.15, 0.2) is 0 Å². The summed E-state index contributed by atoms with van der Waals surface area (Å²) < 4.78 is 0. The van der Waals surface area contributed by atoms with Gasteiger partial charge in [-0.1, -0.05) is 277 Å². The Balaban J connectivity index is 3.04. The molecule has 0 bridgehead atoms. The predicted molar refractivity (Wildman–Crippen MR) is 218 cm³/mol. The van der Waals surface area contributed by atoms with Crippen molar-refractivity contribution in [3.05, 3.63) is 0 Å². The van der Waals surface area contributed by atoms with Gasteiger partial charge in [0.1, 0.15) is 0 Å². The molecular formula is C46H93NO. The summed E-state index contributed by atoms with van der Waals surface area (Å²) >= 11 is 0. The number of rotatable bonds is 44. The van der Waals surface area contributed by atoms with Crippen molar-refractivity contribution in [3.8, 4) is 0 Å². The van der Waals surface area contributed by atoms with Crippen LogP contribution in [0.4, 0.5) is 0 Å².